The van der Waals surface area contributed by atoms with Crippen molar-refractivity contribution in [2.24, 2.45) is 5.92 Å². The van der Waals surface area contributed by atoms with Gasteiger partial charge in [-0.05, 0) is 84.3 Å². The minimum atomic E-state index is 0.718. The molecule has 1 heterocycles. The topological polar surface area (TPSA) is 6.48 Å². The highest BCUT2D eigenvalue weighted by atomic mass is 15.2. The zero-order valence-electron chi connectivity index (χ0n) is 15.0. The van der Waals surface area contributed by atoms with E-state index in [1.54, 1.807) is 0 Å². The normalized spacial score (nSPS) is 29.4. The first-order valence-corrected chi connectivity index (χ1v) is 9.65. The molecule has 2 aliphatic rings. The summed E-state index contributed by atoms with van der Waals surface area (Å²) < 4.78 is 0. The Labute approximate surface area is 133 Å². The van der Waals surface area contributed by atoms with Crippen molar-refractivity contribution in [3.05, 3.63) is 0 Å². The molecule has 1 saturated heterocycles. The Balaban J connectivity index is 1.88. The molecule has 1 aliphatic carbocycles. The van der Waals surface area contributed by atoms with E-state index in [4.69, 9.17) is 0 Å². The van der Waals surface area contributed by atoms with Crippen LogP contribution in [0.4, 0.5) is 0 Å². The number of hydrogen-bond acceptors (Lipinski definition) is 2. The highest BCUT2D eigenvalue weighted by molar-refractivity contribution is 4.88. The predicted octanol–water partition coefficient (Wildman–Crippen LogP) is 4.54. The third kappa shape index (κ3) is 4.69. The lowest BCUT2D eigenvalue weighted by Gasteiger charge is -2.46. The molecule has 0 aromatic heterocycles. The zero-order valence-corrected chi connectivity index (χ0v) is 15.0. The van der Waals surface area contributed by atoms with Crippen LogP contribution in [0.3, 0.4) is 0 Å². The van der Waals surface area contributed by atoms with E-state index < -0.39 is 0 Å². The number of hydrogen-bond donors (Lipinski definition) is 0. The molecule has 0 aromatic rings. The fourth-order valence-electron chi connectivity index (χ4n) is 4.75. The van der Waals surface area contributed by atoms with Crippen molar-refractivity contribution in [3.8, 4) is 0 Å². The summed E-state index contributed by atoms with van der Waals surface area (Å²) in [6, 6.07) is 2.44. The van der Waals surface area contributed by atoms with Gasteiger partial charge < -0.3 is 4.90 Å². The molecule has 0 unspecified atom stereocenters. The van der Waals surface area contributed by atoms with Crippen LogP contribution in [0.5, 0.6) is 0 Å². The molecule has 2 nitrogen and oxygen atoms in total. The third-order valence-corrected chi connectivity index (χ3v) is 5.93. The largest absolute Gasteiger partial charge is 0.303 e. The molecule has 1 saturated carbocycles. The smallest absolute Gasteiger partial charge is 0.0125 e. The van der Waals surface area contributed by atoms with E-state index in [1.165, 1.54) is 71.0 Å². The number of piperidine rings is 1. The molecular formula is C19H38N2. The van der Waals surface area contributed by atoms with E-state index in [1.807, 2.05) is 0 Å². The Morgan fingerprint density at radius 1 is 0.905 bits per heavy atom. The molecule has 0 bridgehead atoms. The summed E-state index contributed by atoms with van der Waals surface area (Å²) in [5, 5.41) is 0. The summed E-state index contributed by atoms with van der Waals surface area (Å²) in [6.07, 6.45) is 11.3. The molecular weight excluding hydrogens is 256 g/mol. The zero-order chi connectivity index (χ0) is 15.2. The summed E-state index contributed by atoms with van der Waals surface area (Å²) >= 11 is 0. The van der Waals surface area contributed by atoms with Gasteiger partial charge in [-0.1, -0.05) is 20.3 Å². The van der Waals surface area contributed by atoms with Gasteiger partial charge in [-0.3, -0.25) is 4.90 Å². The van der Waals surface area contributed by atoms with Crippen LogP contribution in [-0.2, 0) is 0 Å². The lowest BCUT2D eigenvalue weighted by atomic mass is 9.82. The Morgan fingerprint density at radius 2 is 1.48 bits per heavy atom. The van der Waals surface area contributed by atoms with Gasteiger partial charge in [0, 0.05) is 18.1 Å². The lowest BCUT2D eigenvalue weighted by Crippen LogP contribution is -2.52. The predicted molar refractivity (Wildman–Crippen MR) is 92.8 cm³/mol. The summed E-state index contributed by atoms with van der Waals surface area (Å²) in [5.41, 5.74) is 0. The summed E-state index contributed by atoms with van der Waals surface area (Å²) in [7, 11) is 0. The standard InChI is InChI=1S/C19H38N2/c1-5-13-20-14-11-19(12-15-20)21(16(3)4)18-9-7-17(6-2)8-10-18/h16-19H,5-15H2,1-4H3. The summed E-state index contributed by atoms with van der Waals surface area (Å²) in [6.45, 7) is 13.5. The Hall–Kier alpha value is -0.0800. The van der Waals surface area contributed by atoms with Crippen molar-refractivity contribution in [2.45, 2.75) is 97.2 Å². The highest BCUT2D eigenvalue weighted by Crippen LogP contribution is 2.33. The van der Waals surface area contributed by atoms with Crippen LogP contribution < -0.4 is 0 Å². The van der Waals surface area contributed by atoms with E-state index in [0.29, 0.717) is 0 Å². The van der Waals surface area contributed by atoms with Gasteiger partial charge in [0.25, 0.3) is 0 Å². The number of nitrogens with zero attached hydrogens (tertiary/aromatic N) is 2. The van der Waals surface area contributed by atoms with E-state index in [2.05, 4.69) is 37.5 Å². The Kier molecular flexibility index (Phi) is 7.01. The van der Waals surface area contributed by atoms with Gasteiger partial charge in [0.2, 0.25) is 0 Å². The van der Waals surface area contributed by atoms with Gasteiger partial charge in [0.1, 0.15) is 0 Å². The van der Waals surface area contributed by atoms with Crippen LogP contribution in [0, 0.1) is 5.92 Å². The maximum absolute atomic E-state index is 2.91. The molecule has 1 aliphatic heterocycles. The Morgan fingerprint density at radius 3 is 1.95 bits per heavy atom. The summed E-state index contributed by atoms with van der Waals surface area (Å²) in [5.74, 6) is 1.02. The van der Waals surface area contributed by atoms with Crippen molar-refractivity contribution in [1.29, 1.82) is 0 Å². The molecule has 21 heavy (non-hydrogen) atoms. The summed E-state index contributed by atoms with van der Waals surface area (Å²) in [4.78, 5) is 5.58. The van der Waals surface area contributed by atoms with E-state index in [9.17, 15) is 0 Å². The minimum absolute atomic E-state index is 0.718. The number of likely N-dealkylation sites (tertiary alicyclic amines) is 1. The molecule has 0 spiro atoms. The SMILES string of the molecule is CCCN1CCC(N(C(C)C)C2CCC(CC)CC2)CC1. The first-order valence-electron chi connectivity index (χ1n) is 9.65. The van der Waals surface area contributed by atoms with Gasteiger partial charge >= 0.3 is 0 Å². The van der Waals surface area contributed by atoms with E-state index in [0.717, 1.165) is 24.0 Å². The number of rotatable bonds is 6. The van der Waals surface area contributed by atoms with Gasteiger partial charge in [-0.15, -0.1) is 0 Å². The fraction of sp³-hybridized carbons (Fsp3) is 1.00. The van der Waals surface area contributed by atoms with Gasteiger partial charge in [0.05, 0.1) is 0 Å². The Bertz CT molecular complexity index is 273. The molecule has 0 amide bonds. The minimum Gasteiger partial charge on any atom is -0.303 e. The first kappa shape index (κ1) is 17.3. The quantitative estimate of drug-likeness (QED) is 0.709. The van der Waals surface area contributed by atoms with Crippen LogP contribution in [0.25, 0.3) is 0 Å². The van der Waals surface area contributed by atoms with Crippen LogP contribution in [0.15, 0.2) is 0 Å². The molecule has 0 aromatic carbocycles. The van der Waals surface area contributed by atoms with Crippen LogP contribution in [-0.4, -0.2) is 47.6 Å². The molecule has 2 heteroatoms. The van der Waals surface area contributed by atoms with Crippen LogP contribution >= 0.6 is 0 Å². The van der Waals surface area contributed by atoms with Crippen molar-refractivity contribution in [1.82, 2.24) is 9.80 Å². The molecule has 2 fully saturated rings. The second kappa shape index (κ2) is 8.53. The van der Waals surface area contributed by atoms with Gasteiger partial charge in [-0.25, -0.2) is 0 Å². The third-order valence-electron chi connectivity index (χ3n) is 5.93. The second-order valence-electron chi connectivity index (χ2n) is 7.70. The molecule has 2 rings (SSSR count). The maximum atomic E-state index is 2.91. The van der Waals surface area contributed by atoms with Crippen LogP contribution in [0.1, 0.15) is 79.1 Å². The molecule has 0 atom stereocenters. The van der Waals surface area contributed by atoms with Gasteiger partial charge in [-0.2, -0.15) is 0 Å². The maximum Gasteiger partial charge on any atom is 0.0125 e. The van der Waals surface area contributed by atoms with Crippen molar-refractivity contribution in [3.63, 3.8) is 0 Å². The fourth-order valence-corrected chi connectivity index (χ4v) is 4.75. The first-order chi connectivity index (χ1) is 10.2. The lowest BCUT2D eigenvalue weighted by molar-refractivity contribution is 0.0261. The average Bonchev–Trinajstić information content (AvgIpc) is 2.50. The van der Waals surface area contributed by atoms with E-state index >= 15 is 0 Å². The molecule has 0 radical (unpaired) electrons. The van der Waals surface area contributed by atoms with Crippen molar-refractivity contribution in [2.75, 3.05) is 19.6 Å². The monoisotopic (exact) mass is 294 g/mol. The average molecular weight is 295 g/mol. The highest BCUT2D eigenvalue weighted by Gasteiger charge is 2.33. The van der Waals surface area contributed by atoms with E-state index in [-0.39, 0.29) is 0 Å². The molecule has 124 valence electrons. The second-order valence-corrected chi connectivity index (χ2v) is 7.70. The van der Waals surface area contributed by atoms with Crippen molar-refractivity contribution >= 4 is 0 Å². The van der Waals surface area contributed by atoms with Crippen molar-refractivity contribution < 1.29 is 0 Å². The van der Waals surface area contributed by atoms with Crippen LogP contribution in [0.2, 0.25) is 0 Å². The molecule has 0 N–H and O–H groups in total. The van der Waals surface area contributed by atoms with Gasteiger partial charge in [0.15, 0.2) is 0 Å².